The summed E-state index contributed by atoms with van der Waals surface area (Å²) in [5.41, 5.74) is 2.74. The number of nitrogens with one attached hydrogen (secondary N) is 1. The Hall–Kier alpha value is -1.52. The minimum Gasteiger partial charge on any atom is -0.392 e. The van der Waals surface area contributed by atoms with Crippen molar-refractivity contribution in [3.8, 4) is 0 Å². The highest BCUT2D eigenvalue weighted by Gasteiger charge is 2.02. The van der Waals surface area contributed by atoms with E-state index in [2.05, 4.69) is 10.4 Å². The molecule has 5 heteroatoms. The van der Waals surface area contributed by atoms with E-state index in [0.29, 0.717) is 11.6 Å². The second-order valence-corrected chi connectivity index (χ2v) is 4.26. The summed E-state index contributed by atoms with van der Waals surface area (Å²) in [6.45, 7) is 0.668. The van der Waals surface area contributed by atoms with Gasteiger partial charge in [-0.25, -0.2) is 0 Å². The fraction of sp³-hybridized carbons (Fsp3) is 0.250. The number of aliphatic hydroxyl groups is 1. The zero-order valence-electron chi connectivity index (χ0n) is 9.52. The van der Waals surface area contributed by atoms with Crippen LogP contribution in [0.25, 0.3) is 0 Å². The first kappa shape index (κ1) is 12.0. The molecular weight excluding hydrogens is 238 g/mol. The number of nitrogens with zero attached hydrogens (tertiary/aromatic N) is 2. The Kier molecular flexibility index (Phi) is 3.66. The third-order valence-electron chi connectivity index (χ3n) is 2.45. The van der Waals surface area contributed by atoms with E-state index in [1.807, 2.05) is 19.3 Å². The van der Waals surface area contributed by atoms with E-state index in [1.165, 1.54) is 0 Å². The number of aliphatic hydroxyl groups excluding tert-OH is 1. The lowest BCUT2D eigenvalue weighted by molar-refractivity contribution is 0.282. The van der Waals surface area contributed by atoms with Crippen molar-refractivity contribution < 1.29 is 5.11 Å². The van der Waals surface area contributed by atoms with Crippen molar-refractivity contribution in [1.29, 1.82) is 0 Å². The molecule has 0 spiro atoms. The van der Waals surface area contributed by atoms with Crippen molar-refractivity contribution in [2.75, 3.05) is 5.32 Å². The second kappa shape index (κ2) is 5.21. The Morgan fingerprint density at radius 3 is 2.88 bits per heavy atom. The van der Waals surface area contributed by atoms with Crippen LogP contribution >= 0.6 is 11.6 Å². The quantitative estimate of drug-likeness (QED) is 0.876. The van der Waals surface area contributed by atoms with Gasteiger partial charge in [-0.2, -0.15) is 5.10 Å². The van der Waals surface area contributed by atoms with Crippen LogP contribution in [0.4, 0.5) is 5.69 Å². The Bertz CT molecular complexity index is 510. The van der Waals surface area contributed by atoms with Gasteiger partial charge in [-0.15, -0.1) is 0 Å². The highest BCUT2D eigenvalue weighted by atomic mass is 35.5. The molecule has 1 aromatic carbocycles. The van der Waals surface area contributed by atoms with Crippen molar-refractivity contribution in [2.45, 2.75) is 13.2 Å². The molecule has 0 fully saturated rings. The van der Waals surface area contributed by atoms with Gasteiger partial charge in [0.1, 0.15) is 0 Å². The predicted molar refractivity (Wildman–Crippen MR) is 67.9 cm³/mol. The van der Waals surface area contributed by atoms with E-state index >= 15 is 0 Å². The van der Waals surface area contributed by atoms with Crippen LogP contribution in [0.1, 0.15) is 11.1 Å². The molecule has 0 saturated carbocycles. The Morgan fingerprint density at radius 1 is 1.41 bits per heavy atom. The molecule has 0 bridgehead atoms. The first-order valence-electron chi connectivity index (χ1n) is 5.29. The van der Waals surface area contributed by atoms with Gasteiger partial charge in [0.15, 0.2) is 0 Å². The van der Waals surface area contributed by atoms with Crippen LogP contribution < -0.4 is 5.32 Å². The minimum atomic E-state index is 0.0126. The molecule has 0 aliphatic heterocycles. The number of hydrogen-bond donors (Lipinski definition) is 2. The molecule has 2 rings (SSSR count). The molecule has 1 aromatic heterocycles. The maximum atomic E-state index is 9.06. The molecule has 17 heavy (non-hydrogen) atoms. The summed E-state index contributed by atoms with van der Waals surface area (Å²) in [7, 11) is 1.88. The van der Waals surface area contributed by atoms with Crippen molar-refractivity contribution in [2.24, 2.45) is 7.05 Å². The average molecular weight is 252 g/mol. The number of aromatic nitrogens is 2. The smallest absolute Gasteiger partial charge is 0.0682 e. The second-order valence-electron chi connectivity index (χ2n) is 3.85. The summed E-state index contributed by atoms with van der Waals surface area (Å²) in [6, 6.07) is 5.43. The van der Waals surface area contributed by atoms with E-state index < -0.39 is 0 Å². The van der Waals surface area contributed by atoms with Crippen LogP contribution in [0.15, 0.2) is 30.6 Å². The molecule has 0 atom stereocenters. The first-order valence-corrected chi connectivity index (χ1v) is 5.67. The maximum Gasteiger partial charge on any atom is 0.0682 e. The normalized spacial score (nSPS) is 10.5. The van der Waals surface area contributed by atoms with E-state index in [1.54, 1.807) is 23.0 Å². The van der Waals surface area contributed by atoms with Crippen LogP contribution in [0.5, 0.6) is 0 Å². The standard InChI is InChI=1S/C12H14ClN3O/c1-16-7-10(6-15-16)5-14-12-4-9(8-17)2-3-11(12)13/h2-4,6-7,14,17H,5,8H2,1H3. The van der Waals surface area contributed by atoms with E-state index in [4.69, 9.17) is 16.7 Å². The summed E-state index contributed by atoms with van der Waals surface area (Å²) in [5.74, 6) is 0. The van der Waals surface area contributed by atoms with E-state index in [9.17, 15) is 0 Å². The van der Waals surface area contributed by atoms with Gasteiger partial charge in [-0.1, -0.05) is 17.7 Å². The van der Waals surface area contributed by atoms with Crippen LogP contribution in [0.2, 0.25) is 5.02 Å². The van der Waals surface area contributed by atoms with Crippen LogP contribution in [-0.4, -0.2) is 14.9 Å². The van der Waals surface area contributed by atoms with Crippen molar-refractivity contribution >= 4 is 17.3 Å². The topological polar surface area (TPSA) is 50.1 Å². The zero-order chi connectivity index (χ0) is 12.3. The summed E-state index contributed by atoms with van der Waals surface area (Å²) >= 11 is 6.06. The lowest BCUT2D eigenvalue weighted by Gasteiger charge is -2.08. The SMILES string of the molecule is Cn1cc(CNc2cc(CO)ccc2Cl)cn1. The van der Waals surface area contributed by atoms with Crippen molar-refractivity contribution in [1.82, 2.24) is 9.78 Å². The fourth-order valence-electron chi connectivity index (χ4n) is 1.57. The molecule has 0 aliphatic carbocycles. The predicted octanol–water partition coefficient (Wildman–Crippen LogP) is 2.18. The molecule has 4 nitrogen and oxygen atoms in total. The molecular formula is C12H14ClN3O. The lowest BCUT2D eigenvalue weighted by Crippen LogP contribution is -2.00. The van der Waals surface area contributed by atoms with Gasteiger partial charge in [-0.3, -0.25) is 4.68 Å². The lowest BCUT2D eigenvalue weighted by atomic mass is 10.2. The molecule has 0 unspecified atom stereocenters. The average Bonchev–Trinajstić information content (AvgIpc) is 2.74. The Balaban J connectivity index is 2.07. The van der Waals surface area contributed by atoms with Gasteiger partial charge in [-0.05, 0) is 17.7 Å². The van der Waals surface area contributed by atoms with Gasteiger partial charge in [0.25, 0.3) is 0 Å². The van der Waals surface area contributed by atoms with Gasteiger partial charge in [0, 0.05) is 25.4 Å². The molecule has 2 aromatic rings. The van der Waals surface area contributed by atoms with Gasteiger partial charge in [0.2, 0.25) is 0 Å². The summed E-state index contributed by atoms with van der Waals surface area (Å²) < 4.78 is 1.75. The van der Waals surface area contributed by atoms with Gasteiger partial charge < -0.3 is 10.4 Å². The summed E-state index contributed by atoms with van der Waals surface area (Å²) in [5, 5.41) is 17.0. The van der Waals surface area contributed by atoms with Crippen LogP contribution in [-0.2, 0) is 20.2 Å². The van der Waals surface area contributed by atoms with Crippen LogP contribution in [0, 0.1) is 0 Å². The maximum absolute atomic E-state index is 9.06. The molecule has 0 saturated heterocycles. The molecule has 2 N–H and O–H groups in total. The highest BCUT2D eigenvalue weighted by Crippen LogP contribution is 2.23. The summed E-state index contributed by atoms with van der Waals surface area (Å²) in [6.07, 6.45) is 3.74. The summed E-state index contributed by atoms with van der Waals surface area (Å²) in [4.78, 5) is 0. The Labute approximate surface area is 105 Å². The number of aryl methyl sites for hydroxylation is 1. The van der Waals surface area contributed by atoms with Gasteiger partial charge >= 0.3 is 0 Å². The van der Waals surface area contributed by atoms with E-state index in [-0.39, 0.29) is 6.61 Å². The number of benzene rings is 1. The number of rotatable bonds is 4. The first-order chi connectivity index (χ1) is 8.19. The number of anilines is 1. The molecule has 0 radical (unpaired) electrons. The molecule has 1 heterocycles. The minimum absolute atomic E-state index is 0.0126. The highest BCUT2D eigenvalue weighted by molar-refractivity contribution is 6.33. The van der Waals surface area contributed by atoms with Gasteiger partial charge in [0.05, 0.1) is 23.5 Å². The molecule has 0 amide bonds. The number of hydrogen-bond acceptors (Lipinski definition) is 3. The molecule has 90 valence electrons. The molecule has 0 aliphatic rings. The monoisotopic (exact) mass is 251 g/mol. The van der Waals surface area contributed by atoms with Crippen LogP contribution in [0.3, 0.4) is 0 Å². The fourth-order valence-corrected chi connectivity index (χ4v) is 1.75. The largest absolute Gasteiger partial charge is 0.392 e. The zero-order valence-corrected chi connectivity index (χ0v) is 10.3. The Morgan fingerprint density at radius 2 is 2.24 bits per heavy atom. The van der Waals surface area contributed by atoms with E-state index in [0.717, 1.165) is 16.8 Å². The third kappa shape index (κ3) is 2.99. The van der Waals surface area contributed by atoms with Crippen molar-refractivity contribution in [3.05, 3.63) is 46.7 Å². The number of halogens is 1. The van der Waals surface area contributed by atoms with Crippen molar-refractivity contribution in [3.63, 3.8) is 0 Å². The third-order valence-corrected chi connectivity index (χ3v) is 2.78.